The van der Waals surface area contributed by atoms with Crippen LogP contribution in [0.3, 0.4) is 0 Å². The number of rotatable bonds is 4. The summed E-state index contributed by atoms with van der Waals surface area (Å²) < 4.78 is 0. The van der Waals surface area contributed by atoms with Crippen LogP contribution in [0.4, 0.5) is 17.1 Å². The fourth-order valence-electron chi connectivity index (χ4n) is 2.20. The molecule has 0 aromatic heterocycles. The first kappa shape index (κ1) is 13.1. The molecule has 1 aliphatic heterocycles. The Morgan fingerprint density at radius 3 is 2.76 bits per heavy atom. The second-order valence-corrected chi connectivity index (χ2v) is 4.59. The summed E-state index contributed by atoms with van der Waals surface area (Å²) in [4.78, 5) is 22.2. The molecule has 3 rings (SSSR count). The van der Waals surface area contributed by atoms with Crippen LogP contribution in [0.1, 0.15) is 11.6 Å². The van der Waals surface area contributed by atoms with Crippen LogP contribution in [0.5, 0.6) is 0 Å². The van der Waals surface area contributed by atoms with E-state index in [2.05, 4.69) is 16.2 Å². The lowest BCUT2D eigenvalue weighted by molar-refractivity contribution is -0.384. The number of benzene rings is 2. The van der Waals surface area contributed by atoms with Crippen molar-refractivity contribution in [2.75, 3.05) is 10.7 Å². The summed E-state index contributed by atoms with van der Waals surface area (Å²) in [5.41, 5.74) is 7.82. The minimum absolute atomic E-state index is 0.0157. The Balaban J connectivity index is 1.75. The van der Waals surface area contributed by atoms with Crippen molar-refractivity contribution in [2.24, 2.45) is 0 Å². The number of amides is 1. The number of hydrazine groups is 1. The molecule has 0 spiro atoms. The number of nitrogens with zero attached hydrogens (tertiary/aromatic N) is 1. The second-order valence-electron chi connectivity index (χ2n) is 4.59. The number of hydrogen-bond acceptors (Lipinski definition) is 5. The fraction of sp³-hybridized carbons (Fsp3) is 0.0714. The molecule has 1 amide bonds. The highest BCUT2D eigenvalue weighted by atomic mass is 16.6. The molecule has 1 unspecified atom stereocenters. The number of para-hydroxylation sites is 1. The first-order valence-electron chi connectivity index (χ1n) is 6.31. The molecule has 1 heterocycles. The number of anilines is 2. The molecule has 1 aliphatic rings. The highest BCUT2D eigenvalue weighted by Gasteiger charge is 2.29. The van der Waals surface area contributed by atoms with Gasteiger partial charge in [0, 0.05) is 23.4 Å². The van der Waals surface area contributed by atoms with Gasteiger partial charge < -0.3 is 10.7 Å². The number of non-ortho nitro benzene ring substituents is 1. The lowest BCUT2D eigenvalue weighted by Crippen LogP contribution is -2.32. The first-order chi connectivity index (χ1) is 10.1. The van der Waals surface area contributed by atoms with Gasteiger partial charge in [0.25, 0.3) is 5.69 Å². The molecule has 3 N–H and O–H groups in total. The monoisotopic (exact) mass is 284 g/mol. The lowest BCUT2D eigenvalue weighted by atomic mass is 10.1. The molecule has 2 aromatic carbocycles. The molecule has 7 heteroatoms. The van der Waals surface area contributed by atoms with Gasteiger partial charge in [0.05, 0.1) is 10.6 Å². The lowest BCUT2D eigenvalue weighted by Gasteiger charge is -2.13. The van der Waals surface area contributed by atoms with Gasteiger partial charge in [0.1, 0.15) is 6.04 Å². The summed E-state index contributed by atoms with van der Waals surface area (Å²) in [5.74, 6) is -0.172. The fourth-order valence-corrected chi connectivity index (χ4v) is 2.20. The summed E-state index contributed by atoms with van der Waals surface area (Å²) in [6, 6.07) is 12.9. The van der Waals surface area contributed by atoms with E-state index >= 15 is 0 Å². The molecule has 2 aromatic rings. The van der Waals surface area contributed by atoms with Crippen molar-refractivity contribution in [1.29, 1.82) is 0 Å². The van der Waals surface area contributed by atoms with E-state index < -0.39 is 11.0 Å². The molecule has 0 saturated carbocycles. The van der Waals surface area contributed by atoms with Gasteiger partial charge in [0.2, 0.25) is 5.91 Å². The van der Waals surface area contributed by atoms with E-state index in [0.29, 0.717) is 5.69 Å². The third-order valence-electron chi connectivity index (χ3n) is 3.21. The van der Waals surface area contributed by atoms with Gasteiger partial charge in [0.15, 0.2) is 0 Å². The molecule has 0 radical (unpaired) electrons. The van der Waals surface area contributed by atoms with E-state index in [-0.39, 0.29) is 11.6 Å². The summed E-state index contributed by atoms with van der Waals surface area (Å²) in [7, 11) is 0. The number of fused-ring (bicyclic) bond motifs is 1. The normalized spacial score (nSPS) is 16.2. The van der Waals surface area contributed by atoms with E-state index in [9.17, 15) is 14.9 Å². The van der Waals surface area contributed by atoms with Crippen molar-refractivity contribution in [3.05, 3.63) is 64.2 Å². The zero-order valence-corrected chi connectivity index (χ0v) is 10.9. The number of carbonyl (C=O) groups is 1. The molecule has 0 bridgehead atoms. The molecule has 0 saturated heterocycles. The quantitative estimate of drug-likeness (QED) is 0.591. The van der Waals surface area contributed by atoms with Crippen LogP contribution in [0.2, 0.25) is 0 Å². The maximum atomic E-state index is 11.9. The first-order valence-corrected chi connectivity index (χ1v) is 6.31. The van der Waals surface area contributed by atoms with Gasteiger partial charge in [-0.1, -0.05) is 24.3 Å². The number of nitro groups is 1. The largest absolute Gasteiger partial charge is 0.324 e. The van der Waals surface area contributed by atoms with Crippen molar-refractivity contribution in [3.63, 3.8) is 0 Å². The van der Waals surface area contributed by atoms with Crippen molar-refractivity contribution < 1.29 is 9.72 Å². The van der Waals surface area contributed by atoms with Crippen LogP contribution in [0.25, 0.3) is 0 Å². The van der Waals surface area contributed by atoms with Crippen molar-refractivity contribution in [2.45, 2.75) is 6.04 Å². The Labute approximate surface area is 120 Å². The molecule has 1 atom stereocenters. The Bertz CT molecular complexity index is 717. The zero-order valence-electron chi connectivity index (χ0n) is 10.9. The van der Waals surface area contributed by atoms with Crippen LogP contribution in [-0.2, 0) is 4.79 Å². The third-order valence-corrected chi connectivity index (χ3v) is 3.21. The average Bonchev–Trinajstić information content (AvgIpc) is 2.81. The molecule has 0 aliphatic carbocycles. The zero-order chi connectivity index (χ0) is 14.8. The maximum Gasteiger partial charge on any atom is 0.271 e. The van der Waals surface area contributed by atoms with E-state index in [1.165, 1.54) is 12.1 Å². The van der Waals surface area contributed by atoms with Crippen molar-refractivity contribution in [3.8, 4) is 0 Å². The predicted molar refractivity (Wildman–Crippen MR) is 77.7 cm³/mol. The molecule has 7 nitrogen and oxygen atoms in total. The second kappa shape index (κ2) is 5.22. The summed E-state index contributed by atoms with van der Waals surface area (Å²) in [6.45, 7) is 0. The van der Waals surface area contributed by atoms with E-state index in [1.807, 2.05) is 24.3 Å². The van der Waals surface area contributed by atoms with Crippen molar-refractivity contribution >= 4 is 23.0 Å². The Kier molecular flexibility index (Phi) is 3.25. The van der Waals surface area contributed by atoms with E-state index in [0.717, 1.165) is 11.3 Å². The standard InChI is InChI=1S/C14H12N4O3/c19-14-13(11-6-1-2-7-12(11)15-14)17-16-9-4-3-5-10(8-9)18(20)21/h1-8,13,16-17H,(H,15,19). The number of hydrogen-bond donors (Lipinski definition) is 3. The highest BCUT2D eigenvalue weighted by Crippen LogP contribution is 2.30. The molecular formula is C14H12N4O3. The summed E-state index contributed by atoms with van der Waals surface area (Å²) in [5, 5.41) is 13.5. The van der Waals surface area contributed by atoms with Gasteiger partial charge >= 0.3 is 0 Å². The Hall–Kier alpha value is -2.93. The number of carbonyl (C=O) groups excluding carboxylic acids is 1. The van der Waals surface area contributed by atoms with Crippen LogP contribution in [0, 0.1) is 10.1 Å². The Morgan fingerprint density at radius 2 is 1.95 bits per heavy atom. The van der Waals surface area contributed by atoms with Crippen LogP contribution in [-0.4, -0.2) is 10.8 Å². The van der Waals surface area contributed by atoms with Gasteiger partial charge in [-0.15, -0.1) is 0 Å². The van der Waals surface area contributed by atoms with Crippen molar-refractivity contribution in [1.82, 2.24) is 5.43 Å². The van der Waals surface area contributed by atoms with E-state index in [1.54, 1.807) is 12.1 Å². The number of nitro benzene ring substituents is 1. The predicted octanol–water partition coefficient (Wildman–Crippen LogP) is 2.20. The maximum absolute atomic E-state index is 11.9. The minimum Gasteiger partial charge on any atom is -0.324 e. The molecular weight excluding hydrogens is 272 g/mol. The summed E-state index contributed by atoms with van der Waals surface area (Å²) >= 11 is 0. The average molecular weight is 284 g/mol. The SMILES string of the molecule is O=C1Nc2ccccc2C1NNc1cccc([N+](=O)[O-])c1. The Morgan fingerprint density at radius 1 is 1.14 bits per heavy atom. The van der Waals surface area contributed by atoms with E-state index in [4.69, 9.17) is 0 Å². The van der Waals surface area contributed by atoms with Gasteiger partial charge in [-0.05, 0) is 12.1 Å². The summed E-state index contributed by atoms with van der Waals surface area (Å²) in [6.07, 6.45) is 0. The number of nitrogens with one attached hydrogen (secondary N) is 3. The minimum atomic E-state index is -0.541. The van der Waals surface area contributed by atoms with Crippen LogP contribution in [0.15, 0.2) is 48.5 Å². The highest BCUT2D eigenvalue weighted by molar-refractivity contribution is 6.02. The smallest absolute Gasteiger partial charge is 0.271 e. The van der Waals surface area contributed by atoms with Gasteiger partial charge in [-0.2, -0.15) is 0 Å². The molecule has 0 fully saturated rings. The van der Waals surface area contributed by atoms with Gasteiger partial charge in [-0.25, -0.2) is 5.43 Å². The topological polar surface area (TPSA) is 96.3 Å². The van der Waals surface area contributed by atoms with Crippen LogP contribution >= 0.6 is 0 Å². The molecule has 21 heavy (non-hydrogen) atoms. The van der Waals surface area contributed by atoms with Gasteiger partial charge in [-0.3, -0.25) is 14.9 Å². The van der Waals surface area contributed by atoms with Crippen LogP contribution < -0.4 is 16.2 Å². The third kappa shape index (κ3) is 2.54. The molecule has 106 valence electrons.